The molecule has 5 nitrogen and oxygen atoms in total. The Kier molecular flexibility index (Phi) is 11.0. The number of rotatable bonds is 7. The van der Waals surface area contributed by atoms with Crippen LogP contribution in [0.3, 0.4) is 0 Å². The molecule has 5 heteroatoms. The number of benzene rings is 8. The zero-order valence-corrected chi connectivity index (χ0v) is 42.2. The molecule has 11 aromatic rings. The number of imidazole rings is 1. The highest BCUT2D eigenvalue weighted by Gasteiger charge is 2.27. The SMILES string of the molecule is CC(C)(C)c1ccc(-c2ccnc(-c3cc(-c4cccc5c4nc(-c4cc6c7ccccc7n(-c7ccccc7)c6cc4O)n5-c4ccc(C(C)(C)C)cc4-c4ccccc4)cc(C(C)(C)C)c3)c2)cc1. The summed E-state index contributed by atoms with van der Waals surface area (Å²) in [4.78, 5) is 10.7. The van der Waals surface area contributed by atoms with E-state index >= 15 is 0 Å². The topological polar surface area (TPSA) is 55.9 Å². The predicted octanol–water partition coefficient (Wildman–Crippen LogP) is 17.5. The molecule has 0 aliphatic rings. The van der Waals surface area contributed by atoms with Crippen LogP contribution in [0.5, 0.6) is 5.75 Å². The van der Waals surface area contributed by atoms with E-state index in [4.69, 9.17) is 9.97 Å². The monoisotopic (exact) mass is 924 g/mol. The number of phenols is 1. The van der Waals surface area contributed by atoms with Crippen LogP contribution in [0, 0.1) is 0 Å². The second-order valence-corrected chi connectivity index (χ2v) is 22.2. The number of aromatic nitrogens is 4. The number of nitrogens with zero attached hydrogens (tertiary/aromatic N) is 4. The molecule has 11 rings (SSSR count). The van der Waals surface area contributed by atoms with Gasteiger partial charge in [-0.2, -0.15) is 0 Å². The van der Waals surface area contributed by atoms with Gasteiger partial charge in [-0.15, -0.1) is 0 Å². The summed E-state index contributed by atoms with van der Waals surface area (Å²) in [5.74, 6) is 0.808. The Balaban J connectivity index is 1.17. The van der Waals surface area contributed by atoms with Crippen molar-refractivity contribution in [2.75, 3.05) is 0 Å². The van der Waals surface area contributed by atoms with Gasteiger partial charge in [0.15, 0.2) is 0 Å². The molecule has 350 valence electrons. The Morgan fingerprint density at radius 2 is 1.04 bits per heavy atom. The largest absolute Gasteiger partial charge is 0.507 e. The summed E-state index contributed by atoms with van der Waals surface area (Å²) in [6.45, 7) is 20.3. The highest BCUT2D eigenvalue weighted by Crippen LogP contribution is 2.45. The Labute approximate surface area is 417 Å². The van der Waals surface area contributed by atoms with E-state index in [0.717, 1.165) is 88.9 Å². The second-order valence-electron chi connectivity index (χ2n) is 22.2. The number of fused-ring (bicyclic) bond motifs is 4. The molecule has 1 N–H and O–H groups in total. The van der Waals surface area contributed by atoms with Crippen molar-refractivity contribution < 1.29 is 5.11 Å². The predicted molar refractivity (Wildman–Crippen MR) is 298 cm³/mol. The molecule has 3 aromatic heterocycles. The van der Waals surface area contributed by atoms with Crippen LogP contribution in [-0.4, -0.2) is 24.2 Å². The van der Waals surface area contributed by atoms with Crippen LogP contribution in [0.15, 0.2) is 194 Å². The molecule has 3 heterocycles. The minimum absolute atomic E-state index is 0.0739. The fourth-order valence-corrected chi connectivity index (χ4v) is 10.1. The highest BCUT2D eigenvalue weighted by atomic mass is 16.3. The van der Waals surface area contributed by atoms with Gasteiger partial charge in [-0.25, -0.2) is 4.98 Å². The van der Waals surface area contributed by atoms with Gasteiger partial charge < -0.3 is 9.67 Å². The summed E-state index contributed by atoms with van der Waals surface area (Å²) in [6.07, 6.45) is 1.93. The molecule has 0 aliphatic carbocycles. The standard InChI is InChI=1S/C66H60N4O/c1-64(2,3)47-29-27-42(28-30-47)44-33-34-67-56(38-44)46-35-45(36-49(37-46)66(7,8)9)51-24-18-26-59-62(51)68-63(70(59)58-32-31-48(65(4,5)6)39-53(58)43-19-12-10-13-20-43)55-40-54-52-23-16-17-25-57(52)69(60(54)41-61(55)71)50-21-14-11-15-22-50/h10-41,71H,1-9H3. The number of para-hydroxylation sites is 3. The van der Waals surface area contributed by atoms with Gasteiger partial charge in [-0.3, -0.25) is 9.55 Å². The van der Waals surface area contributed by atoms with E-state index in [0.29, 0.717) is 11.4 Å². The first kappa shape index (κ1) is 45.4. The molecular weight excluding hydrogens is 865 g/mol. The minimum atomic E-state index is -0.164. The van der Waals surface area contributed by atoms with E-state index < -0.39 is 0 Å². The van der Waals surface area contributed by atoms with Crippen molar-refractivity contribution in [2.24, 2.45) is 0 Å². The van der Waals surface area contributed by atoms with Gasteiger partial charge in [0.25, 0.3) is 0 Å². The van der Waals surface area contributed by atoms with Crippen molar-refractivity contribution in [2.45, 2.75) is 78.6 Å². The van der Waals surface area contributed by atoms with Gasteiger partial charge in [-0.1, -0.05) is 178 Å². The van der Waals surface area contributed by atoms with Crippen molar-refractivity contribution in [1.82, 2.24) is 19.1 Å². The lowest BCUT2D eigenvalue weighted by Crippen LogP contribution is -2.12. The number of phenolic OH excluding ortho intramolecular Hbond substituents is 1. The second kappa shape index (κ2) is 17.1. The molecule has 0 atom stereocenters. The van der Waals surface area contributed by atoms with Crippen LogP contribution in [0.25, 0.3) is 100 Å². The van der Waals surface area contributed by atoms with Crippen molar-refractivity contribution >= 4 is 32.8 Å². The minimum Gasteiger partial charge on any atom is -0.507 e. The summed E-state index contributed by atoms with van der Waals surface area (Å²) >= 11 is 0. The van der Waals surface area contributed by atoms with Gasteiger partial charge in [-0.05, 0) is 122 Å². The number of hydrogen-bond donors (Lipinski definition) is 1. The summed E-state index contributed by atoms with van der Waals surface area (Å²) in [7, 11) is 0. The van der Waals surface area contributed by atoms with Crippen molar-refractivity contribution in [1.29, 1.82) is 0 Å². The van der Waals surface area contributed by atoms with E-state index in [1.807, 2.05) is 18.3 Å². The third-order valence-corrected chi connectivity index (χ3v) is 14.2. The van der Waals surface area contributed by atoms with E-state index in [2.05, 4.69) is 247 Å². The molecule has 0 saturated heterocycles. The maximum absolute atomic E-state index is 12.5. The van der Waals surface area contributed by atoms with Crippen molar-refractivity contribution in [3.63, 3.8) is 0 Å². The molecule has 8 aromatic carbocycles. The normalized spacial score (nSPS) is 12.4. The maximum atomic E-state index is 12.5. The zero-order chi connectivity index (χ0) is 49.4. The third kappa shape index (κ3) is 8.29. The van der Waals surface area contributed by atoms with Crippen molar-refractivity contribution in [3.05, 3.63) is 211 Å². The Morgan fingerprint density at radius 1 is 0.394 bits per heavy atom. The Morgan fingerprint density at radius 3 is 1.76 bits per heavy atom. The van der Waals surface area contributed by atoms with E-state index in [9.17, 15) is 5.11 Å². The molecule has 71 heavy (non-hydrogen) atoms. The zero-order valence-electron chi connectivity index (χ0n) is 42.2. The molecule has 0 saturated carbocycles. The lowest BCUT2D eigenvalue weighted by atomic mass is 9.83. The molecule has 0 aliphatic heterocycles. The summed E-state index contributed by atoms with van der Waals surface area (Å²) in [5.41, 5.74) is 18.4. The molecule has 0 radical (unpaired) electrons. The molecule has 0 unspecified atom stereocenters. The maximum Gasteiger partial charge on any atom is 0.149 e. The Bertz CT molecular complexity index is 3800. The molecule has 0 spiro atoms. The van der Waals surface area contributed by atoms with Crippen LogP contribution >= 0.6 is 0 Å². The average Bonchev–Trinajstić information content (AvgIpc) is 3.91. The Hall–Kier alpha value is -8.02. The van der Waals surface area contributed by atoms with Crippen LogP contribution in [0.1, 0.15) is 79.0 Å². The first-order valence-electron chi connectivity index (χ1n) is 24.8. The molecule has 0 fully saturated rings. The van der Waals surface area contributed by atoms with Gasteiger partial charge in [0.1, 0.15) is 11.6 Å². The van der Waals surface area contributed by atoms with Crippen LogP contribution in [-0.2, 0) is 16.2 Å². The highest BCUT2D eigenvalue weighted by molar-refractivity contribution is 6.11. The quantitative estimate of drug-likeness (QED) is 0.173. The van der Waals surface area contributed by atoms with Gasteiger partial charge in [0.05, 0.1) is 39.0 Å². The van der Waals surface area contributed by atoms with Crippen LogP contribution in [0.2, 0.25) is 0 Å². The lowest BCUT2D eigenvalue weighted by Gasteiger charge is -2.23. The summed E-state index contributed by atoms with van der Waals surface area (Å²) < 4.78 is 4.51. The van der Waals surface area contributed by atoms with Crippen molar-refractivity contribution in [3.8, 4) is 73.2 Å². The number of pyridine rings is 1. The summed E-state index contributed by atoms with van der Waals surface area (Å²) in [5, 5.41) is 14.7. The van der Waals surface area contributed by atoms with Gasteiger partial charge in [0, 0.05) is 45.4 Å². The van der Waals surface area contributed by atoms with E-state index in [-0.39, 0.29) is 22.0 Å². The average molecular weight is 925 g/mol. The third-order valence-electron chi connectivity index (χ3n) is 14.2. The number of hydrogen-bond acceptors (Lipinski definition) is 3. The molecular formula is C66H60N4O. The fraction of sp³-hybridized carbons (Fsp3) is 0.182. The van der Waals surface area contributed by atoms with E-state index in [1.54, 1.807) is 0 Å². The van der Waals surface area contributed by atoms with Crippen LogP contribution in [0.4, 0.5) is 0 Å². The molecule has 0 bridgehead atoms. The fourth-order valence-electron chi connectivity index (χ4n) is 10.1. The van der Waals surface area contributed by atoms with Crippen LogP contribution < -0.4 is 0 Å². The number of aromatic hydroxyl groups is 1. The van der Waals surface area contributed by atoms with Gasteiger partial charge in [0.2, 0.25) is 0 Å². The van der Waals surface area contributed by atoms with Gasteiger partial charge >= 0.3 is 0 Å². The molecule has 0 amide bonds. The first-order chi connectivity index (χ1) is 34.0. The first-order valence-corrected chi connectivity index (χ1v) is 24.8. The lowest BCUT2D eigenvalue weighted by molar-refractivity contribution is 0.477. The van der Waals surface area contributed by atoms with E-state index in [1.165, 1.54) is 16.7 Å². The summed E-state index contributed by atoms with van der Waals surface area (Å²) in [6, 6.07) is 67.0. The smallest absolute Gasteiger partial charge is 0.149 e.